The fraction of sp³-hybridized carbons (Fsp3) is 0.400. The van der Waals surface area contributed by atoms with Crippen molar-refractivity contribution in [1.29, 1.82) is 0 Å². The van der Waals surface area contributed by atoms with E-state index < -0.39 is 31.0 Å². The van der Waals surface area contributed by atoms with Gasteiger partial charge in [0.25, 0.3) is 0 Å². The highest BCUT2D eigenvalue weighted by Crippen LogP contribution is 2.48. The summed E-state index contributed by atoms with van der Waals surface area (Å²) in [6, 6.07) is 14.7. The van der Waals surface area contributed by atoms with Crippen molar-refractivity contribution in [1.82, 2.24) is 9.73 Å². The molecule has 1 aliphatic heterocycles. The molecular weight excluding hydrogens is 563 g/mol. The summed E-state index contributed by atoms with van der Waals surface area (Å²) in [7, 11) is -8.10. The third-order valence-electron chi connectivity index (χ3n) is 8.69. The maximum Gasteiger partial charge on any atom is 0.217 e. The molecule has 3 aliphatic carbocycles. The first-order chi connectivity index (χ1) is 19.5. The molecule has 1 unspecified atom stereocenters. The number of sulfonamides is 2. The second-order valence-corrected chi connectivity index (χ2v) is 15.3. The monoisotopic (exact) mass is 598 g/mol. The average Bonchev–Trinajstić information content (AvgIpc) is 3.51. The van der Waals surface area contributed by atoms with E-state index in [9.17, 15) is 21.2 Å². The minimum Gasteiger partial charge on any atom is -0.301 e. The molecule has 8 nitrogen and oxygen atoms in total. The fourth-order valence-corrected chi connectivity index (χ4v) is 9.83. The molecule has 0 saturated heterocycles. The number of rotatable bonds is 10. The van der Waals surface area contributed by atoms with Crippen molar-refractivity contribution in [2.75, 3.05) is 23.9 Å². The molecule has 0 bridgehead atoms. The summed E-state index contributed by atoms with van der Waals surface area (Å²) in [4.78, 5) is 0. The van der Waals surface area contributed by atoms with Gasteiger partial charge in [0.2, 0.25) is 20.0 Å². The van der Waals surface area contributed by atoms with Gasteiger partial charge in [0, 0.05) is 30.8 Å². The van der Waals surface area contributed by atoms with Gasteiger partial charge in [-0.3, -0.25) is 5.01 Å². The Bertz CT molecular complexity index is 1630. The van der Waals surface area contributed by atoms with Crippen LogP contribution < -0.4 is 15.6 Å². The zero-order chi connectivity index (χ0) is 28.9. The number of nitrogens with two attached hydrogens (primary N) is 1. The van der Waals surface area contributed by atoms with E-state index in [1.54, 1.807) is 42.5 Å². The quantitative estimate of drug-likeness (QED) is 0.421. The Balaban J connectivity index is 1.27. The molecule has 218 valence electrons. The highest BCUT2D eigenvalue weighted by atomic mass is 32.2. The molecule has 41 heavy (non-hydrogen) atoms. The summed E-state index contributed by atoms with van der Waals surface area (Å²) in [6.45, 7) is 2.86. The Morgan fingerprint density at radius 2 is 1.73 bits per heavy atom. The number of anilines is 1. The second kappa shape index (κ2) is 10.7. The van der Waals surface area contributed by atoms with Crippen molar-refractivity contribution in [3.05, 3.63) is 101 Å². The van der Waals surface area contributed by atoms with Crippen LogP contribution in [-0.4, -0.2) is 40.0 Å². The predicted molar refractivity (Wildman–Crippen MR) is 157 cm³/mol. The van der Waals surface area contributed by atoms with E-state index in [1.165, 1.54) is 27.6 Å². The summed E-state index contributed by atoms with van der Waals surface area (Å²) in [5, 5.41) is 6.17. The Kier molecular flexibility index (Phi) is 7.34. The number of hydrogen-bond donors (Lipinski definition) is 2. The average molecular weight is 599 g/mol. The van der Waals surface area contributed by atoms with Crippen LogP contribution in [0.1, 0.15) is 43.4 Å². The van der Waals surface area contributed by atoms with E-state index in [0.29, 0.717) is 24.6 Å². The van der Waals surface area contributed by atoms with Crippen molar-refractivity contribution in [2.24, 2.45) is 22.9 Å². The van der Waals surface area contributed by atoms with Crippen LogP contribution in [-0.2, 0) is 20.0 Å². The number of primary sulfonamides is 1. The number of hydrogen-bond acceptors (Lipinski definition) is 6. The van der Waals surface area contributed by atoms with Gasteiger partial charge in [0.05, 0.1) is 17.1 Å². The second-order valence-electron chi connectivity index (χ2n) is 11.5. The highest BCUT2D eigenvalue weighted by molar-refractivity contribution is 7.93. The first-order valence-corrected chi connectivity index (χ1v) is 17.2. The third-order valence-corrected chi connectivity index (χ3v) is 12.0. The van der Waals surface area contributed by atoms with Crippen LogP contribution >= 0.6 is 0 Å². The molecule has 0 aromatic heterocycles. The largest absolute Gasteiger partial charge is 0.301 e. The molecule has 3 atom stereocenters. The molecule has 0 amide bonds. The topological polar surface area (TPSA) is 113 Å². The van der Waals surface area contributed by atoms with E-state index in [1.807, 2.05) is 11.2 Å². The van der Waals surface area contributed by atoms with Crippen LogP contribution in [0.5, 0.6) is 0 Å². The van der Waals surface area contributed by atoms with Gasteiger partial charge in [-0.05, 0) is 79.0 Å². The van der Waals surface area contributed by atoms with Gasteiger partial charge in [-0.15, -0.1) is 0 Å². The van der Waals surface area contributed by atoms with Gasteiger partial charge in [0.1, 0.15) is 11.1 Å². The lowest BCUT2D eigenvalue weighted by molar-refractivity contribution is 0.344. The molecule has 2 aromatic rings. The van der Waals surface area contributed by atoms with Gasteiger partial charge < -0.3 is 5.43 Å². The zero-order valence-corrected chi connectivity index (χ0v) is 24.5. The first-order valence-electron chi connectivity index (χ1n) is 14.0. The number of hydrazine groups is 1. The standard InChI is InChI=1S/C30H35FN4O4S2/c1-20-27-16-33-35(26-13-11-25(31)12-14-26)28(27)15-23-9-10-24(30(20)23)18-34(17-21-7-8-21)40(36,37)19-29(41(32,38)39)22-5-3-2-4-6-22/h2-6,11-16,20-21,24,29,33H,7-10,17-19H2,1H3,(H2,32,38,39)/t20-,24+,29?/m0/s1. The van der Waals surface area contributed by atoms with E-state index in [-0.39, 0.29) is 17.7 Å². The van der Waals surface area contributed by atoms with Crippen LogP contribution in [0.3, 0.4) is 0 Å². The number of nitrogens with zero attached hydrogens (tertiary/aromatic N) is 2. The third kappa shape index (κ3) is 5.73. The van der Waals surface area contributed by atoms with Crippen molar-refractivity contribution >= 4 is 25.7 Å². The highest BCUT2D eigenvalue weighted by Gasteiger charge is 2.42. The molecule has 2 aromatic carbocycles. The van der Waals surface area contributed by atoms with Gasteiger partial charge >= 0.3 is 0 Å². The van der Waals surface area contributed by atoms with E-state index in [0.717, 1.165) is 42.6 Å². The number of allylic oxidation sites excluding steroid dienone is 3. The molecule has 1 fully saturated rings. The van der Waals surface area contributed by atoms with Crippen LogP contribution in [0.25, 0.3) is 0 Å². The number of nitrogens with one attached hydrogen (secondary N) is 1. The van der Waals surface area contributed by atoms with Gasteiger partial charge in [-0.1, -0.05) is 42.8 Å². The molecule has 0 spiro atoms. The smallest absolute Gasteiger partial charge is 0.217 e. The van der Waals surface area contributed by atoms with Gasteiger partial charge in [0.15, 0.2) is 0 Å². The molecular formula is C30H35FN4O4S2. The Morgan fingerprint density at radius 1 is 1.02 bits per heavy atom. The maximum atomic E-state index is 13.9. The van der Waals surface area contributed by atoms with Crippen LogP contribution in [0.4, 0.5) is 10.1 Å². The molecule has 0 radical (unpaired) electrons. The molecule has 1 heterocycles. The van der Waals surface area contributed by atoms with Gasteiger partial charge in [-0.2, -0.15) is 0 Å². The van der Waals surface area contributed by atoms with Crippen LogP contribution in [0.2, 0.25) is 0 Å². The van der Waals surface area contributed by atoms with E-state index >= 15 is 0 Å². The van der Waals surface area contributed by atoms with Crippen molar-refractivity contribution < 1.29 is 21.2 Å². The SMILES string of the molecule is C[C@H]1C2=CNN(c3ccc(F)cc3)C2=CC2=C1[C@@H](CN(CC1CC1)S(=O)(=O)CC(c1ccccc1)S(N)(=O)=O)CC2. The normalized spacial score (nSPS) is 23.2. The summed E-state index contributed by atoms with van der Waals surface area (Å²) >= 11 is 0. The maximum absolute atomic E-state index is 13.9. The molecule has 6 rings (SSSR count). The van der Waals surface area contributed by atoms with Crippen molar-refractivity contribution in [2.45, 2.75) is 37.9 Å². The van der Waals surface area contributed by atoms with Crippen molar-refractivity contribution in [3.63, 3.8) is 0 Å². The van der Waals surface area contributed by atoms with Crippen molar-refractivity contribution in [3.8, 4) is 0 Å². The Labute approximate surface area is 241 Å². The summed E-state index contributed by atoms with van der Waals surface area (Å²) in [5.74, 6) is -0.479. The van der Waals surface area contributed by atoms with E-state index in [2.05, 4.69) is 18.4 Å². The Hall–Kier alpha value is -2.99. The van der Waals surface area contributed by atoms with E-state index in [4.69, 9.17) is 5.14 Å². The first kappa shape index (κ1) is 28.1. The van der Waals surface area contributed by atoms with Crippen LogP contribution in [0, 0.1) is 23.6 Å². The number of halogens is 1. The number of fused-ring (bicyclic) bond motifs is 1. The fourth-order valence-electron chi connectivity index (χ4n) is 6.39. The lowest BCUT2D eigenvalue weighted by Crippen LogP contribution is -2.41. The lowest BCUT2D eigenvalue weighted by atomic mass is 9.80. The summed E-state index contributed by atoms with van der Waals surface area (Å²) in [6.07, 6.45) is 7.74. The minimum atomic E-state index is -4.16. The molecule has 1 saturated carbocycles. The van der Waals surface area contributed by atoms with Crippen LogP contribution in [0.15, 0.2) is 89.3 Å². The number of benzene rings is 2. The lowest BCUT2D eigenvalue weighted by Gasteiger charge is -2.32. The molecule has 3 N–H and O–H groups in total. The van der Waals surface area contributed by atoms with Gasteiger partial charge in [-0.25, -0.2) is 30.7 Å². The Morgan fingerprint density at radius 3 is 2.39 bits per heavy atom. The summed E-state index contributed by atoms with van der Waals surface area (Å²) in [5.41, 5.74) is 9.08. The molecule has 4 aliphatic rings. The predicted octanol–water partition coefficient (Wildman–Crippen LogP) is 4.35. The zero-order valence-electron chi connectivity index (χ0n) is 22.9. The summed E-state index contributed by atoms with van der Waals surface area (Å²) < 4.78 is 67.9. The molecule has 11 heteroatoms. The minimum absolute atomic E-state index is 0.0248.